The highest BCUT2D eigenvalue weighted by atomic mass is 19.4. The number of likely N-dealkylation sites (N-methyl/N-ethyl adjacent to an activating group) is 1. The lowest BCUT2D eigenvalue weighted by Crippen LogP contribution is -2.52. The highest BCUT2D eigenvalue weighted by Crippen LogP contribution is 2.38. The number of carbonyl (C=O) groups excluding carboxylic acids is 1. The van der Waals surface area contributed by atoms with Gasteiger partial charge < -0.3 is 19.6 Å². The summed E-state index contributed by atoms with van der Waals surface area (Å²) in [6.07, 6.45) is -0.249. The molecule has 2 aliphatic rings. The Labute approximate surface area is 215 Å². The molecule has 202 valence electrons. The van der Waals surface area contributed by atoms with Gasteiger partial charge in [-0.15, -0.1) is 0 Å². The maximum Gasteiger partial charge on any atom is 0.418 e. The van der Waals surface area contributed by atoms with Crippen LogP contribution in [0.1, 0.15) is 27.9 Å². The summed E-state index contributed by atoms with van der Waals surface area (Å²) in [6.45, 7) is 0.501. The van der Waals surface area contributed by atoms with Crippen LogP contribution >= 0.6 is 0 Å². The van der Waals surface area contributed by atoms with E-state index in [9.17, 15) is 22.8 Å². The van der Waals surface area contributed by atoms with Crippen LogP contribution in [0.25, 0.3) is 11.2 Å². The zero-order valence-electron chi connectivity index (χ0n) is 20.8. The number of aromatic nitrogens is 2. The van der Waals surface area contributed by atoms with Crippen LogP contribution in [0, 0.1) is 0 Å². The van der Waals surface area contributed by atoms with E-state index in [0.717, 1.165) is 37.9 Å². The molecule has 1 saturated heterocycles. The van der Waals surface area contributed by atoms with Gasteiger partial charge >= 0.3 is 11.9 Å². The van der Waals surface area contributed by atoms with Crippen LogP contribution in [0.15, 0.2) is 52.6 Å². The van der Waals surface area contributed by atoms with Gasteiger partial charge in [0.1, 0.15) is 12.5 Å². The zero-order chi connectivity index (χ0) is 27.2. The van der Waals surface area contributed by atoms with Crippen molar-refractivity contribution in [2.24, 2.45) is 5.10 Å². The van der Waals surface area contributed by atoms with E-state index in [1.165, 1.54) is 7.05 Å². The number of hydrogen-bond acceptors (Lipinski definition) is 7. The third-order valence-corrected chi connectivity index (χ3v) is 7.13. The maximum atomic E-state index is 14.0. The van der Waals surface area contributed by atoms with E-state index in [1.54, 1.807) is 24.5 Å². The molecule has 1 atom stereocenters. The number of fused-ring (bicyclic) bond motifs is 1. The van der Waals surface area contributed by atoms with Crippen LogP contribution in [0.5, 0.6) is 0 Å². The van der Waals surface area contributed by atoms with Gasteiger partial charge in [0.05, 0.1) is 42.2 Å². The molecule has 38 heavy (non-hydrogen) atoms. The molecule has 3 aromatic rings. The second kappa shape index (κ2) is 9.48. The van der Waals surface area contributed by atoms with E-state index in [1.807, 2.05) is 18.0 Å². The average Bonchev–Trinajstić information content (AvgIpc) is 3.42. The fraction of sp³-hybridized carbons (Fsp3) is 0.400. The Hall–Kier alpha value is -3.84. The third-order valence-electron chi connectivity index (χ3n) is 7.13. The molecule has 1 unspecified atom stereocenters. The second-order valence-electron chi connectivity index (χ2n) is 9.71. The zero-order valence-corrected chi connectivity index (χ0v) is 20.8. The summed E-state index contributed by atoms with van der Waals surface area (Å²) in [6, 6.07) is 7.84. The van der Waals surface area contributed by atoms with Gasteiger partial charge in [0.15, 0.2) is 0 Å². The number of ether oxygens (including phenoxy) is 1. The predicted octanol–water partition coefficient (Wildman–Crippen LogP) is 1.64. The van der Waals surface area contributed by atoms with Crippen LogP contribution in [-0.2, 0) is 16.3 Å². The van der Waals surface area contributed by atoms with Crippen molar-refractivity contribution >= 4 is 17.8 Å². The second-order valence-corrected chi connectivity index (χ2v) is 9.71. The number of hydrogen-bond donors (Lipinski definition) is 2. The van der Waals surface area contributed by atoms with Crippen molar-refractivity contribution in [3.8, 4) is 5.69 Å². The molecule has 5 rings (SSSR count). The van der Waals surface area contributed by atoms with Gasteiger partial charge in [0.2, 0.25) is 0 Å². The number of nitrogens with zero attached hydrogens (tertiary/aromatic N) is 5. The third kappa shape index (κ3) is 4.41. The standard InChI is InChI=1S/C25H27F3N6O4/c1-31(6-7-35)22(36)16-8-19(25(26,27)28)20-12-33(23(37)34(20)11-16)18-5-3-4-17(9-18)24(13-38-14-24)10-21-30-29-15-32(21)2/h3-5,8-9,11-12,15,21,30,35H,6-7,10,13-14H2,1-2H3. The Morgan fingerprint density at radius 2 is 2.05 bits per heavy atom. The average molecular weight is 533 g/mol. The first-order valence-corrected chi connectivity index (χ1v) is 11.9. The van der Waals surface area contributed by atoms with Crippen LogP contribution in [0.4, 0.5) is 13.2 Å². The van der Waals surface area contributed by atoms with Crippen LogP contribution in [0.3, 0.4) is 0 Å². The van der Waals surface area contributed by atoms with Crippen molar-refractivity contribution in [3.05, 3.63) is 69.9 Å². The maximum absolute atomic E-state index is 14.0. The van der Waals surface area contributed by atoms with Crippen molar-refractivity contribution in [1.29, 1.82) is 0 Å². The van der Waals surface area contributed by atoms with Crippen LogP contribution < -0.4 is 11.1 Å². The smallest absolute Gasteiger partial charge is 0.395 e. The molecule has 13 heteroatoms. The van der Waals surface area contributed by atoms with Gasteiger partial charge in [0, 0.05) is 44.9 Å². The monoisotopic (exact) mass is 532 g/mol. The summed E-state index contributed by atoms with van der Waals surface area (Å²) in [5.41, 5.74) is 1.46. The van der Waals surface area contributed by atoms with Crippen molar-refractivity contribution < 1.29 is 27.8 Å². The van der Waals surface area contributed by atoms with Gasteiger partial charge in [-0.25, -0.2) is 4.79 Å². The fourth-order valence-corrected chi connectivity index (χ4v) is 4.87. The van der Waals surface area contributed by atoms with Crippen molar-refractivity contribution in [1.82, 2.24) is 24.2 Å². The summed E-state index contributed by atoms with van der Waals surface area (Å²) in [7, 11) is 3.27. The van der Waals surface area contributed by atoms with Gasteiger partial charge in [0.25, 0.3) is 5.91 Å². The fourth-order valence-electron chi connectivity index (χ4n) is 4.87. The summed E-state index contributed by atoms with van der Waals surface area (Å²) >= 11 is 0. The first-order chi connectivity index (χ1) is 18.0. The number of nitrogens with one attached hydrogen (secondary N) is 1. The molecule has 1 amide bonds. The first kappa shape index (κ1) is 25.8. The Bertz CT molecular complexity index is 1460. The normalized spacial score (nSPS) is 18.5. The number of halogens is 3. The lowest BCUT2D eigenvalue weighted by Gasteiger charge is -2.44. The molecular weight excluding hydrogens is 505 g/mol. The molecule has 2 N–H and O–H groups in total. The van der Waals surface area contributed by atoms with Gasteiger partial charge in [-0.2, -0.15) is 18.3 Å². The van der Waals surface area contributed by atoms with Crippen molar-refractivity contribution in [2.45, 2.75) is 24.2 Å². The highest BCUT2D eigenvalue weighted by Gasteiger charge is 2.43. The molecule has 0 bridgehead atoms. The molecular formula is C25H27F3N6O4. The highest BCUT2D eigenvalue weighted by molar-refractivity contribution is 5.94. The molecule has 1 fully saturated rings. The molecule has 10 nitrogen and oxygen atoms in total. The van der Waals surface area contributed by atoms with Crippen molar-refractivity contribution in [3.63, 3.8) is 0 Å². The number of aliphatic hydroxyl groups is 1. The quantitative estimate of drug-likeness (QED) is 0.480. The topological polar surface area (TPSA) is 104 Å². The van der Waals surface area contributed by atoms with Crippen LogP contribution in [0.2, 0.25) is 0 Å². The Kier molecular flexibility index (Phi) is 6.43. The number of imidazole rings is 1. The van der Waals surface area contributed by atoms with Gasteiger partial charge in [-0.05, 0) is 23.8 Å². The summed E-state index contributed by atoms with van der Waals surface area (Å²) < 4.78 is 49.6. The van der Waals surface area contributed by atoms with Gasteiger partial charge in [-0.1, -0.05) is 12.1 Å². The SMILES string of the molecule is CN(CCO)C(=O)c1cc(C(F)(F)F)c2cn(-c3cccc(C4(CC5NN=CN5C)COC4)c3)c(=O)n2c1. The Balaban J connectivity index is 1.58. The first-order valence-electron chi connectivity index (χ1n) is 11.9. The number of pyridine rings is 1. The minimum atomic E-state index is -4.81. The minimum Gasteiger partial charge on any atom is -0.395 e. The summed E-state index contributed by atoms with van der Waals surface area (Å²) in [5, 5.41) is 13.2. The Morgan fingerprint density at radius 3 is 2.66 bits per heavy atom. The molecule has 2 aliphatic heterocycles. The minimum absolute atomic E-state index is 0.0448. The molecule has 0 saturated carbocycles. The molecule has 0 spiro atoms. The van der Waals surface area contributed by atoms with Crippen molar-refractivity contribution in [2.75, 3.05) is 40.5 Å². The lowest BCUT2D eigenvalue weighted by molar-refractivity contribution is -0.136. The largest absolute Gasteiger partial charge is 0.418 e. The number of carbonyl (C=O) groups is 1. The molecule has 1 aromatic carbocycles. The number of hydrazone groups is 1. The van der Waals surface area contributed by atoms with E-state index >= 15 is 0 Å². The predicted molar refractivity (Wildman–Crippen MR) is 132 cm³/mol. The van der Waals surface area contributed by atoms with E-state index in [-0.39, 0.29) is 35.8 Å². The van der Waals surface area contributed by atoms with E-state index in [2.05, 4.69) is 10.5 Å². The van der Waals surface area contributed by atoms with E-state index < -0.39 is 23.3 Å². The summed E-state index contributed by atoms with van der Waals surface area (Å²) in [4.78, 5) is 29.1. The number of amides is 1. The van der Waals surface area contributed by atoms with Gasteiger partial charge in [-0.3, -0.25) is 19.2 Å². The number of alkyl halides is 3. The molecule has 2 aromatic heterocycles. The van der Waals surface area contributed by atoms with Crippen LogP contribution in [-0.4, -0.2) is 82.7 Å². The summed E-state index contributed by atoms with van der Waals surface area (Å²) in [5.74, 6) is -0.741. The van der Waals surface area contributed by atoms with E-state index in [0.29, 0.717) is 25.3 Å². The number of aliphatic hydroxyl groups excluding tert-OH is 1. The number of benzene rings is 1. The lowest BCUT2D eigenvalue weighted by atomic mass is 9.74. The molecule has 0 radical (unpaired) electrons. The van der Waals surface area contributed by atoms with E-state index in [4.69, 9.17) is 9.84 Å². The molecule has 0 aliphatic carbocycles. The molecule has 4 heterocycles. The Morgan fingerprint density at radius 1 is 1.29 bits per heavy atom. The number of rotatable bonds is 7.